The van der Waals surface area contributed by atoms with E-state index in [0.29, 0.717) is 6.54 Å². The molecular formula is C12H26N3O4S+. The summed E-state index contributed by atoms with van der Waals surface area (Å²) in [6.45, 7) is 6.84. The van der Waals surface area contributed by atoms with Gasteiger partial charge in [0.1, 0.15) is 6.54 Å². The maximum absolute atomic E-state index is 8.74. The van der Waals surface area contributed by atoms with Gasteiger partial charge in [0, 0.05) is 0 Å². The predicted octanol–water partition coefficient (Wildman–Crippen LogP) is 0.436. The summed E-state index contributed by atoms with van der Waals surface area (Å²) in [5, 5.41) is 0. The highest BCUT2D eigenvalue weighted by Gasteiger charge is 2.13. The van der Waals surface area contributed by atoms with Crippen molar-refractivity contribution in [3.05, 3.63) is 0 Å². The van der Waals surface area contributed by atoms with Crippen LogP contribution in [0.25, 0.3) is 0 Å². The number of rotatable bonds is 6. The summed E-state index contributed by atoms with van der Waals surface area (Å²) in [6, 6.07) is 0. The number of guanidine groups is 1. The van der Waals surface area contributed by atoms with Crippen LogP contribution in [-0.4, -0.2) is 59.6 Å². The van der Waals surface area contributed by atoms with Crippen molar-refractivity contribution in [1.29, 1.82) is 0 Å². The number of unbranched alkanes of at least 4 members (excludes halogenated alkanes) is 2. The van der Waals surface area contributed by atoms with E-state index < -0.39 is 10.4 Å². The molecule has 20 heavy (non-hydrogen) atoms. The molecule has 0 rings (SSSR count). The fraction of sp³-hybridized carbons (Fsp3) is 0.750. The lowest BCUT2D eigenvalue weighted by Crippen LogP contribution is -2.43. The molecule has 8 heteroatoms. The second-order valence-corrected chi connectivity index (χ2v) is 5.05. The molecule has 7 nitrogen and oxygen atoms in total. The molecule has 0 aliphatic heterocycles. The first-order chi connectivity index (χ1) is 9.17. The summed E-state index contributed by atoms with van der Waals surface area (Å²) in [7, 11) is -2.74. The van der Waals surface area contributed by atoms with Crippen molar-refractivity contribution in [2.75, 3.05) is 26.7 Å². The first kappa shape index (κ1) is 21.0. The smallest absolute Gasteiger partial charge is 0.291 e. The molecule has 0 aromatic rings. The molecule has 0 aromatic heterocycles. The minimum Gasteiger partial charge on any atom is -0.291 e. The van der Waals surface area contributed by atoms with Crippen LogP contribution in [0.1, 0.15) is 33.1 Å². The molecule has 0 aromatic carbocycles. The highest BCUT2D eigenvalue weighted by Crippen LogP contribution is 1.97. The Morgan fingerprint density at radius 1 is 1.35 bits per heavy atom. The standard InChI is InChI=1S/C12H23N3.H2O4S/c1-5-8-9-11-15(7-3)12(13)14(4)10-6-2;1-5(2,3)4/h2,13H,5,7-11H2,1,3-4H3;(H2,1,2,3,4)/p+1. The van der Waals surface area contributed by atoms with E-state index in [0.717, 1.165) is 19.0 Å². The van der Waals surface area contributed by atoms with Crippen molar-refractivity contribution < 1.29 is 22.1 Å². The highest BCUT2D eigenvalue weighted by atomic mass is 32.3. The van der Waals surface area contributed by atoms with Crippen LogP contribution in [0.5, 0.6) is 0 Å². The third-order valence-corrected chi connectivity index (χ3v) is 2.46. The van der Waals surface area contributed by atoms with Gasteiger partial charge in [-0.25, -0.2) is 0 Å². The molecule has 0 heterocycles. The third-order valence-electron chi connectivity index (χ3n) is 2.46. The number of hydrogen-bond donors (Lipinski definition) is 3. The lowest BCUT2D eigenvalue weighted by atomic mass is 10.2. The van der Waals surface area contributed by atoms with Gasteiger partial charge in [-0.15, -0.1) is 6.42 Å². The Balaban J connectivity index is 0. The lowest BCUT2D eigenvalue weighted by Gasteiger charge is -2.17. The topological polar surface area (TPSA) is 107 Å². The van der Waals surface area contributed by atoms with E-state index in [1.54, 1.807) is 0 Å². The van der Waals surface area contributed by atoms with Crippen molar-refractivity contribution in [3.63, 3.8) is 0 Å². The summed E-state index contributed by atoms with van der Waals surface area (Å²) in [4.78, 5) is 2.17. The van der Waals surface area contributed by atoms with Crippen LogP contribution in [0.3, 0.4) is 0 Å². The fourth-order valence-electron chi connectivity index (χ4n) is 1.45. The van der Waals surface area contributed by atoms with Crippen LogP contribution in [0, 0.1) is 12.3 Å². The van der Waals surface area contributed by atoms with Crippen molar-refractivity contribution in [2.45, 2.75) is 33.1 Å². The van der Waals surface area contributed by atoms with Gasteiger partial charge in [-0.05, 0) is 13.3 Å². The fourth-order valence-corrected chi connectivity index (χ4v) is 1.45. The Hall–Kier alpha value is -1.30. The summed E-state index contributed by atoms with van der Waals surface area (Å²) < 4.78 is 33.5. The summed E-state index contributed by atoms with van der Waals surface area (Å²) in [5.74, 6) is 3.38. The largest absolute Gasteiger partial charge is 0.394 e. The second kappa shape index (κ2) is 11.5. The average molecular weight is 308 g/mol. The van der Waals surface area contributed by atoms with Crippen LogP contribution in [0.15, 0.2) is 0 Å². The zero-order chi connectivity index (χ0) is 16.2. The van der Waals surface area contributed by atoms with Gasteiger partial charge in [0.15, 0.2) is 0 Å². The molecule has 0 fully saturated rings. The van der Waals surface area contributed by atoms with E-state index in [-0.39, 0.29) is 0 Å². The van der Waals surface area contributed by atoms with Crippen LogP contribution in [0.2, 0.25) is 0 Å². The number of nitrogens with zero attached hydrogens (tertiary/aromatic N) is 2. The molecule has 0 saturated carbocycles. The Bertz CT molecular complexity index is 418. The van der Waals surface area contributed by atoms with Gasteiger partial charge < -0.3 is 0 Å². The molecule has 0 amide bonds. The summed E-state index contributed by atoms with van der Waals surface area (Å²) in [5.41, 5.74) is 6.01. The molecule has 0 radical (unpaired) electrons. The van der Waals surface area contributed by atoms with E-state index >= 15 is 0 Å². The molecular weight excluding hydrogens is 282 g/mol. The molecule has 0 atom stereocenters. The zero-order valence-corrected chi connectivity index (χ0v) is 13.2. The van der Waals surface area contributed by atoms with Gasteiger partial charge in [-0.1, -0.05) is 25.7 Å². The van der Waals surface area contributed by atoms with Gasteiger partial charge in [-0.3, -0.25) is 24.3 Å². The Morgan fingerprint density at radius 3 is 2.20 bits per heavy atom. The van der Waals surface area contributed by atoms with Gasteiger partial charge in [-0.2, -0.15) is 8.42 Å². The maximum Gasteiger partial charge on any atom is 0.394 e. The highest BCUT2D eigenvalue weighted by molar-refractivity contribution is 7.79. The Kier molecular flexibility index (Phi) is 12.1. The summed E-state index contributed by atoms with van der Waals surface area (Å²) >= 11 is 0. The molecule has 118 valence electrons. The Morgan fingerprint density at radius 2 is 1.85 bits per heavy atom. The summed E-state index contributed by atoms with van der Waals surface area (Å²) in [6.07, 6.45) is 8.93. The van der Waals surface area contributed by atoms with Crippen molar-refractivity contribution in [2.24, 2.45) is 5.73 Å². The Labute approximate surface area is 122 Å². The maximum atomic E-state index is 8.74. The van der Waals surface area contributed by atoms with Crippen molar-refractivity contribution in [1.82, 2.24) is 4.90 Å². The van der Waals surface area contributed by atoms with Gasteiger partial charge >= 0.3 is 16.4 Å². The molecule has 0 spiro atoms. The number of terminal acetylenes is 1. The molecule has 0 bridgehead atoms. The van der Waals surface area contributed by atoms with E-state index in [2.05, 4.69) is 24.7 Å². The van der Waals surface area contributed by atoms with E-state index in [1.807, 2.05) is 11.6 Å². The van der Waals surface area contributed by atoms with E-state index in [1.165, 1.54) is 19.3 Å². The van der Waals surface area contributed by atoms with E-state index in [4.69, 9.17) is 29.7 Å². The van der Waals surface area contributed by atoms with Gasteiger partial charge in [0.05, 0.1) is 20.1 Å². The molecule has 0 saturated heterocycles. The minimum absolute atomic E-state index is 0.566. The van der Waals surface area contributed by atoms with Gasteiger partial charge in [0.25, 0.3) is 0 Å². The quantitative estimate of drug-likeness (QED) is 0.164. The van der Waals surface area contributed by atoms with Crippen LogP contribution >= 0.6 is 0 Å². The van der Waals surface area contributed by atoms with E-state index in [9.17, 15) is 0 Å². The normalized spacial score (nSPS) is 11.8. The van der Waals surface area contributed by atoms with Gasteiger partial charge in [0.2, 0.25) is 0 Å². The first-order valence-electron chi connectivity index (χ1n) is 6.39. The minimum atomic E-state index is -4.67. The molecule has 4 N–H and O–H groups in total. The van der Waals surface area contributed by atoms with Crippen LogP contribution in [0.4, 0.5) is 0 Å². The number of nitrogens with two attached hydrogens (primary N) is 1. The van der Waals surface area contributed by atoms with Crippen molar-refractivity contribution >= 4 is 16.4 Å². The van der Waals surface area contributed by atoms with Crippen molar-refractivity contribution in [3.8, 4) is 12.3 Å². The zero-order valence-electron chi connectivity index (χ0n) is 12.4. The third kappa shape index (κ3) is 14.8. The molecule has 0 aliphatic rings. The monoisotopic (exact) mass is 308 g/mol. The van der Waals surface area contributed by atoms with Crippen LogP contribution in [-0.2, 0) is 10.4 Å². The van der Waals surface area contributed by atoms with Crippen LogP contribution < -0.4 is 5.73 Å². The lowest BCUT2D eigenvalue weighted by molar-refractivity contribution is -0.490. The average Bonchev–Trinajstić information content (AvgIpc) is 2.32. The SMILES string of the molecule is C#CC[N+](C)=C(N)N(CC)CCCCC.O=S(=O)(O)O. The second-order valence-electron chi connectivity index (χ2n) is 4.15. The molecule has 0 aliphatic carbocycles. The molecule has 0 unspecified atom stereocenters. The predicted molar refractivity (Wildman–Crippen MR) is 80.0 cm³/mol. The number of hydrogen-bond acceptors (Lipinski definition) is 2. The first-order valence-corrected chi connectivity index (χ1v) is 7.78.